The second kappa shape index (κ2) is 7.81. The van der Waals surface area contributed by atoms with E-state index in [1.807, 2.05) is 0 Å². The summed E-state index contributed by atoms with van der Waals surface area (Å²) < 4.78 is 17.9. The van der Waals surface area contributed by atoms with E-state index in [9.17, 15) is 14.0 Å². The summed E-state index contributed by atoms with van der Waals surface area (Å²) in [6, 6.07) is 3.21. The summed E-state index contributed by atoms with van der Waals surface area (Å²) in [6.45, 7) is 0.173. The van der Waals surface area contributed by atoms with Gasteiger partial charge in [0.2, 0.25) is 0 Å². The van der Waals surface area contributed by atoms with Gasteiger partial charge in [0.15, 0.2) is 0 Å². The van der Waals surface area contributed by atoms with Crippen LogP contribution in [0.4, 0.5) is 14.9 Å². The summed E-state index contributed by atoms with van der Waals surface area (Å²) >= 11 is 0. The van der Waals surface area contributed by atoms with Crippen LogP contribution in [-0.4, -0.2) is 36.9 Å². The topological polar surface area (TPSA) is 111 Å². The van der Waals surface area contributed by atoms with E-state index in [0.29, 0.717) is 0 Å². The molecule has 3 N–H and O–H groups in total. The van der Waals surface area contributed by atoms with Gasteiger partial charge in [0.1, 0.15) is 17.9 Å². The molecule has 0 aliphatic heterocycles. The molecular weight excluding hydrogens is 281 g/mol. The van der Waals surface area contributed by atoms with Crippen molar-refractivity contribution in [1.29, 1.82) is 5.26 Å². The number of rotatable bonds is 6. The highest BCUT2D eigenvalue weighted by molar-refractivity contribution is 5.92. The Morgan fingerprint density at radius 2 is 2.24 bits per heavy atom. The van der Waals surface area contributed by atoms with Crippen LogP contribution in [0.15, 0.2) is 18.2 Å². The third kappa shape index (κ3) is 5.08. The maximum Gasteiger partial charge on any atom is 0.326 e. The number of hydrogen-bond acceptors (Lipinski definition) is 4. The van der Waals surface area contributed by atoms with Gasteiger partial charge in [-0.25, -0.2) is 14.0 Å². The first kappa shape index (κ1) is 16.4. The van der Waals surface area contributed by atoms with E-state index in [-0.39, 0.29) is 24.3 Å². The number of nitriles is 1. The monoisotopic (exact) mass is 295 g/mol. The number of amides is 2. The van der Waals surface area contributed by atoms with Crippen molar-refractivity contribution < 1.29 is 23.8 Å². The summed E-state index contributed by atoms with van der Waals surface area (Å²) in [5, 5.41) is 22.2. The molecule has 112 valence electrons. The van der Waals surface area contributed by atoms with Gasteiger partial charge < -0.3 is 20.5 Å². The Bertz CT molecular complexity index is 571. The maximum absolute atomic E-state index is 13.1. The molecule has 0 aromatic heterocycles. The van der Waals surface area contributed by atoms with E-state index in [2.05, 4.69) is 10.6 Å². The minimum absolute atomic E-state index is 0.103. The van der Waals surface area contributed by atoms with Gasteiger partial charge >= 0.3 is 12.0 Å². The molecule has 8 heteroatoms. The predicted octanol–water partition coefficient (Wildman–Crippen LogP) is 1.31. The smallest absolute Gasteiger partial charge is 0.326 e. The molecule has 0 fully saturated rings. The minimum atomic E-state index is -1.20. The summed E-state index contributed by atoms with van der Waals surface area (Å²) in [7, 11) is 1.42. The number of benzene rings is 1. The fraction of sp³-hybridized carbons (Fsp3) is 0.308. The van der Waals surface area contributed by atoms with Gasteiger partial charge in [-0.2, -0.15) is 5.26 Å². The lowest BCUT2D eigenvalue weighted by atomic mass is 10.2. The first-order chi connectivity index (χ1) is 9.97. The standard InChI is InChI=1S/C13H14FN3O4/c1-21-5-4-11(12(18)19)17-13(20)16-9-2-3-10(14)8(6-9)7-15/h2-3,6,11H,4-5H2,1H3,(H,18,19)(H2,16,17,20). The zero-order valence-corrected chi connectivity index (χ0v) is 11.2. The van der Waals surface area contributed by atoms with E-state index in [4.69, 9.17) is 15.1 Å². The average molecular weight is 295 g/mol. The fourth-order valence-electron chi connectivity index (χ4n) is 1.51. The van der Waals surface area contributed by atoms with Crippen LogP contribution in [0.5, 0.6) is 0 Å². The fourth-order valence-corrected chi connectivity index (χ4v) is 1.51. The average Bonchev–Trinajstić information content (AvgIpc) is 2.45. The van der Waals surface area contributed by atoms with Crippen LogP contribution >= 0.6 is 0 Å². The van der Waals surface area contributed by atoms with Crippen molar-refractivity contribution >= 4 is 17.7 Å². The Kier molecular flexibility index (Phi) is 6.10. The molecule has 21 heavy (non-hydrogen) atoms. The van der Waals surface area contributed by atoms with Gasteiger partial charge in [-0.1, -0.05) is 0 Å². The molecule has 0 aliphatic carbocycles. The Morgan fingerprint density at radius 1 is 1.52 bits per heavy atom. The van der Waals surface area contributed by atoms with Gasteiger partial charge in [0.05, 0.1) is 5.56 Å². The van der Waals surface area contributed by atoms with E-state index in [1.165, 1.54) is 13.2 Å². The molecule has 0 saturated carbocycles. The number of carbonyl (C=O) groups excluding carboxylic acids is 1. The Balaban J connectivity index is 2.68. The van der Waals surface area contributed by atoms with Crippen LogP contribution in [0.3, 0.4) is 0 Å². The van der Waals surface area contributed by atoms with Crippen LogP contribution < -0.4 is 10.6 Å². The lowest BCUT2D eigenvalue weighted by Gasteiger charge is -2.14. The molecule has 0 aliphatic rings. The number of hydrogen-bond donors (Lipinski definition) is 3. The van der Waals surface area contributed by atoms with Gasteiger partial charge in [-0.05, 0) is 18.2 Å². The van der Waals surface area contributed by atoms with Crippen molar-refractivity contribution in [3.8, 4) is 6.07 Å². The molecule has 1 aromatic rings. The lowest BCUT2D eigenvalue weighted by Crippen LogP contribution is -2.43. The van der Waals surface area contributed by atoms with Crippen molar-refractivity contribution in [2.24, 2.45) is 0 Å². The molecular formula is C13H14FN3O4. The molecule has 7 nitrogen and oxygen atoms in total. The maximum atomic E-state index is 13.1. The number of methoxy groups -OCH3 is 1. The summed E-state index contributed by atoms with van der Waals surface area (Å²) in [4.78, 5) is 22.6. The van der Waals surface area contributed by atoms with Crippen molar-refractivity contribution in [3.05, 3.63) is 29.6 Å². The largest absolute Gasteiger partial charge is 0.480 e. The van der Waals surface area contributed by atoms with Gasteiger partial charge in [0.25, 0.3) is 0 Å². The van der Waals surface area contributed by atoms with Crippen LogP contribution in [0.1, 0.15) is 12.0 Å². The summed E-state index contributed by atoms with van der Waals surface area (Å²) in [5.74, 6) is -1.90. The van der Waals surface area contributed by atoms with E-state index in [0.717, 1.165) is 12.1 Å². The van der Waals surface area contributed by atoms with Crippen molar-refractivity contribution in [1.82, 2.24) is 5.32 Å². The molecule has 1 unspecified atom stereocenters. The SMILES string of the molecule is COCCC(NC(=O)Nc1ccc(F)c(C#N)c1)C(=O)O. The van der Waals surface area contributed by atoms with E-state index in [1.54, 1.807) is 6.07 Å². The molecule has 1 atom stereocenters. The quantitative estimate of drug-likeness (QED) is 0.732. The van der Waals surface area contributed by atoms with Crippen molar-refractivity contribution in [2.75, 3.05) is 19.0 Å². The van der Waals surface area contributed by atoms with Crippen LogP contribution in [-0.2, 0) is 9.53 Å². The van der Waals surface area contributed by atoms with Crippen LogP contribution in [0, 0.1) is 17.1 Å². The lowest BCUT2D eigenvalue weighted by molar-refractivity contribution is -0.139. The first-order valence-electron chi connectivity index (χ1n) is 5.96. The van der Waals surface area contributed by atoms with Gasteiger partial charge in [-0.15, -0.1) is 0 Å². The number of carboxylic acids is 1. The molecule has 1 aromatic carbocycles. The molecule has 0 saturated heterocycles. The number of nitrogens with zero attached hydrogens (tertiary/aromatic N) is 1. The molecule has 1 rings (SSSR count). The van der Waals surface area contributed by atoms with E-state index >= 15 is 0 Å². The third-order valence-electron chi connectivity index (χ3n) is 2.56. The molecule has 0 heterocycles. The number of halogens is 1. The van der Waals surface area contributed by atoms with Crippen molar-refractivity contribution in [2.45, 2.75) is 12.5 Å². The third-order valence-corrected chi connectivity index (χ3v) is 2.56. The van der Waals surface area contributed by atoms with Gasteiger partial charge in [-0.3, -0.25) is 0 Å². The zero-order valence-electron chi connectivity index (χ0n) is 11.2. The number of urea groups is 1. The molecule has 0 bridgehead atoms. The highest BCUT2D eigenvalue weighted by Gasteiger charge is 2.19. The van der Waals surface area contributed by atoms with Crippen LogP contribution in [0.2, 0.25) is 0 Å². The predicted molar refractivity (Wildman–Crippen MR) is 71.2 cm³/mol. The Labute approximate surface area is 120 Å². The molecule has 2 amide bonds. The number of nitrogens with one attached hydrogen (secondary N) is 2. The Morgan fingerprint density at radius 3 is 2.81 bits per heavy atom. The number of carboxylic acid groups (broad SMARTS) is 1. The zero-order chi connectivity index (χ0) is 15.8. The van der Waals surface area contributed by atoms with Crippen molar-refractivity contribution in [3.63, 3.8) is 0 Å². The summed E-state index contributed by atoms with van der Waals surface area (Å²) in [5.41, 5.74) is -0.0386. The van der Waals surface area contributed by atoms with E-state index < -0.39 is 23.9 Å². The number of ether oxygens (including phenoxy) is 1. The highest BCUT2D eigenvalue weighted by Crippen LogP contribution is 2.13. The molecule has 0 spiro atoms. The second-order valence-corrected chi connectivity index (χ2v) is 4.08. The number of carbonyl (C=O) groups is 2. The highest BCUT2D eigenvalue weighted by atomic mass is 19.1. The molecule has 0 radical (unpaired) electrons. The Hall–Kier alpha value is -2.66. The number of anilines is 1. The second-order valence-electron chi connectivity index (χ2n) is 4.08. The minimum Gasteiger partial charge on any atom is -0.480 e. The van der Waals surface area contributed by atoms with Crippen LogP contribution in [0.25, 0.3) is 0 Å². The normalized spacial score (nSPS) is 11.3. The van der Waals surface area contributed by atoms with Gasteiger partial charge in [0, 0.05) is 25.8 Å². The first-order valence-corrected chi connectivity index (χ1v) is 5.96. The number of aliphatic carboxylic acids is 1. The summed E-state index contributed by atoms with van der Waals surface area (Å²) in [6.07, 6.45) is 0.103.